The molecule has 2 nitrogen and oxygen atoms in total. The smallest absolute Gasteiger partial charge is 0.119 e. The maximum Gasteiger partial charge on any atom is 0.119 e. The first kappa shape index (κ1) is 16.0. The second-order valence-electron chi connectivity index (χ2n) is 5.44. The summed E-state index contributed by atoms with van der Waals surface area (Å²) in [5, 5.41) is 21.7. The summed E-state index contributed by atoms with van der Waals surface area (Å²) in [7, 11) is 0. The Kier molecular flexibility index (Phi) is 4.40. The molecule has 112 valence electrons. The largest absolute Gasteiger partial charge is 0.508 e. The summed E-state index contributed by atoms with van der Waals surface area (Å²) in [6.07, 6.45) is 0.384. The van der Waals surface area contributed by atoms with Crippen molar-refractivity contribution in [2.24, 2.45) is 0 Å². The molecule has 2 N–H and O–H groups in total. The molecule has 4 heteroatoms. The lowest BCUT2D eigenvalue weighted by Gasteiger charge is -2.16. The summed E-state index contributed by atoms with van der Waals surface area (Å²) in [5.41, 5.74) is 4.73. The Bertz CT molecular complexity index is 660. The van der Waals surface area contributed by atoms with Gasteiger partial charge in [0.15, 0.2) is 0 Å². The molecule has 0 atom stereocenters. The van der Waals surface area contributed by atoms with Crippen molar-refractivity contribution < 1.29 is 10.2 Å². The van der Waals surface area contributed by atoms with Crippen LogP contribution >= 0.6 is 23.2 Å². The Morgan fingerprint density at radius 3 is 1.43 bits per heavy atom. The number of halogens is 2. The summed E-state index contributed by atoms with van der Waals surface area (Å²) in [4.78, 5) is 0. The van der Waals surface area contributed by atoms with Crippen LogP contribution in [0.5, 0.6) is 11.5 Å². The Hall–Kier alpha value is -1.38. The first-order valence-corrected chi connectivity index (χ1v) is 7.44. The number of benzene rings is 2. The molecule has 0 heterocycles. The van der Waals surface area contributed by atoms with Crippen molar-refractivity contribution in [2.75, 3.05) is 0 Å². The molecule has 0 saturated heterocycles. The minimum absolute atomic E-state index is 0.185. The van der Waals surface area contributed by atoms with Crippen LogP contribution < -0.4 is 0 Å². The number of aryl methyl sites for hydroxylation is 2. The highest BCUT2D eigenvalue weighted by atomic mass is 35.5. The van der Waals surface area contributed by atoms with Crippen molar-refractivity contribution in [1.82, 2.24) is 0 Å². The highest BCUT2D eigenvalue weighted by Gasteiger charge is 2.17. The van der Waals surface area contributed by atoms with Crippen LogP contribution in [0.4, 0.5) is 0 Å². The lowest BCUT2D eigenvalue weighted by Crippen LogP contribution is -1.99. The van der Waals surface area contributed by atoms with Gasteiger partial charge in [-0.2, -0.15) is 0 Å². The number of hydrogen-bond donors (Lipinski definition) is 2. The van der Waals surface area contributed by atoms with Crippen LogP contribution in [0.25, 0.3) is 0 Å². The Balaban J connectivity index is 2.59. The molecule has 2 rings (SSSR count). The SMILES string of the molecule is Cc1cc(O)c(Cc2c(O)cc(C)c(Cl)c2C)c(C)c1Cl. The first-order valence-electron chi connectivity index (χ1n) is 6.69. The molecule has 0 radical (unpaired) electrons. The Labute approximate surface area is 135 Å². The van der Waals surface area contributed by atoms with Gasteiger partial charge in [0.25, 0.3) is 0 Å². The van der Waals surface area contributed by atoms with Gasteiger partial charge in [0.2, 0.25) is 0 Å². The quantitative estimate of drug-likeness (QED) is 0.794. The van der Waals surface area contributed by atoms with Crippen molar-refractivity contribution in [3.05, 3.63) is 55.6 Å². The molecule has 0 bridgehead atoms. The van der Waals surface area contributed by atoms with Crippen molar-refractivity contribution in [3.8, 4) is 11.5 Å². The van der Waals surface area contributed by atoms with E-state index < -0.39 is 0 Å². The average molecular weight is 325 g/mol. The fourth-order valence-corrected chi connectivity index (χ4v) is 2.91. The maximum absolute atomic E-state index is 10.2. The van der Waals surface area contributed by atoms with Crippen molar-refractivity contribution >= 4 is 23.2 Å². The van der Waals surface area contributed by atoms with Crippen LogP contribution in [0, 0.1) is 27.7 Å². The third-order valence-corrected chi connectivity index (χ3v) is 5.10. The van der Waals surface area contributed by atoms with Gasteiger partial charge in [0.05, 0.1) is 0 Å². The molecule has 0 aliphatic rings. The predicted octanol–water partition coefficient (Wildman–Crippen LogP) is 5.23. The van der Waals surface area contributed by atoms with E-state index in [2.05, 4.69) is 0 Å². The predicted molar refractivity (Wildman–Crippen MR) is 88.0 cm³/mol. The first-order chi connectivity index (χ1) is 9.73. The summed E-state index contributed by atoms with van der Waals surface area (Å²) in [6.45, 7) is 7.44. The third kappa shape index (κ3) is 2.83. The van der Waals surface area contributed by atoms with Gasteiger partial charge in [-0.1, -0.05) is 23.2 Å². The zero-order chi connectivity index (χ0) is 15.9. The molecule has 0 unspecified atom stereocenters. The molecule has 0 amide bonds. The molecule has 0 saturated carbocycles. The topological polar surface area (TPSA) is 40.5 Å². The molecular formula is C17H18Cl2O2. The van der Waals surface area contributed by atoms with Gasteiger partial charge >= 0.3 is 0 Å². The Morgan fingerprint density at radius 2 is 1.10 bits per heavy atom. The molecule has 2 aromatic carbocycles. The van der Waals surface area contributed by atoms with Crippen LogP contribution in [-0.2, 0) is 6.42 Å². The maximum atomic E-state index is 10.2. The monoisotopic (exact) mass is 324 g/mol. The number of hydrogen-bond acceptors (Lipinski definition) is 2. The van der Waals surface area contributed by atoms with E-state index in [1.165, 1.54) is 0 Å². The average Bonchev–Trinajstić information content (AvgIpc) is 2.42. The van der Waals surface area contributed by atoms with Gasteiger partial charge in [-0.15, -0.1) is 0 Å². The second-order valence-corrected chi connectivity index (χ2v) is 6.19. The van der Waals surface area contributed by atoms with Crippen molar-refractivity contribution in [2.45, 2.75) is 34.1 Å². The third-order valence-electron chi connectivity index (χ3n) is 3.93. The standard InChI is InChI=1S/C17H18Cl2O2/c1-8-5-14(20)12(10(3)16(8)18)7-13-11(4)17(19)9(2)6-15(13)21/h5-6,20-21H,7H2,1-4H3. The summed E-state index contributed by atoms with van der Waals surface area (Å²) >= 11 is 12.5. The number of rotatable bonds is 2. The highest BCUT2D eigenvalue weighted by molar-refractivity contribution is 6.32. The van der Waals surface area contributed by atoms with E-state index in [-0.39, 0.29) is 11.5 Å². The van der Waals surface area contributed by atoms with Gasteiger partial charge in [-0.25, -0.2) is 0 Å². The number of phenolic OH excluding ortho intramolecular Hbond substituents is 2. The zero-order valence-corrected chi connectivity index (χ0v) is 14.0. The van der Waals surface area contributed by atoms with E-state index >= 15 is 0 Å². The lowest BCUT2D eigenvalue weighted by molar-refractivity contribution is 0.461. The fraction of sp³-hybridized carbons (Fsp3) is 0.294. The van der Waals surface area contributed by atoms with Gasteiger partial charge < -0.3 is 10.2 Å². The van der Waals surface area contributed by atoms with Gasteiger partial charge in [0, 0.05) is 27.6 Å². The lowest BCUT2D eigenvalue weighted by atomic mass is 9.93. The molecule has 2 aromatic rings. The number of phenols is 2. The van der Waals surface area contributed by atoms with Gasteiger partial charge in [-0.05, 0) is 62.1 Å². The number of aromatic hydroxyl groups is 2. The minimum atomic E-state index is 0.185. The summed E-state index contributed by atoms with van der Waals surface area (Å²) < 4.78 is 0. The van der Waals surface area contributed by atoms with E-state index in [1.807, 2.05) is 27.7 Å². The molecule has 0 aromatic heterocycles. The summed E-state index contributed by atoms with van der Waals surface area (Å²) in [6, 6.07) is 3.29. The van der Waals surface area contributed by atoms with Crippen LogP contribution in [0.1, 0.15) is 33.4 Å². The van der Waals surface area contributed by atoms with Crippen molar-refractivity contribution in [1.29, 1.82) is 0 Å². The van der Waals surface area contributed by atoms with Gasteiger partial charge in [0.1, 0.15) is 11.5 Å². The van der Waals surface area contributed by atoms with Crippen LogP contribution in [0.15, 0.2) is 12.1 Å². The van der Waals surface area contributed by atoms with Crippen LogP contribution in [0.2, 0.25) is 10.0 Å². The molecule has 0 aliphatic heterocycles. The molecule has 0 fully saturated rings. The molecule has 21 heavy (non-hydrogen) atoms. The minimum Gasteiger partial charge on any atom is -0.508 e. The van der Waals surface area contributed by atoms with E-state index in [4.69, 9.17) is 23.2 Å². The highest BCUT2D eigenvalue weighted by Crippen LogP contribution is 2.37. The second kappa shape index (κ2) is 5.78. The van der Waals surface area contributed by atoms with E-state index in [9.17, 15) is 10.2 Å². The normalized spacial score (nSPS) is 11.0. The van der Waals surface area contributed by atoms with E-state index in [1.54, 1.807) is 12.1 Å². The van der Waals surface area contributed by atoms with E-state index in [0.717, 1.165) is 22.3 Å². The molecular weight excluding hydrogens is 307 g/mol. The molecule has 0 aliphatic carbocycles. The van der Waals surface area contributed by atoms with Crippen LogP contribution in [-0.4, -0.2) is 10.2 Å². The fourth-order valence-electron chi connectivity index (χ4n) is 2.57. The van der Waals surface area contributed by atoms with E-state index in [0.29, 0.717) is 27.6 Å². The van der Waals surface area contributed by atoms with Gasteiger partial charge in [-0.3, -0.25) is 0 Å². The summed E-state index contributed by atoms with van der Waals surface area (Å²) in [5.74, 6) is 0.370. The van der Waals surface area contributed by atoms with Crippen molar-refractivity contribution in [3.63, 3.8) is 0 Å². The molecule has 0 spiro atoms. The Morgan fingerprint density at radius 1 is 0.762 bits per heavy atom. The van der Waals surface area contributed by atoms with Crippen LogP contribution in [0.3, 0.4) is 0 Å². The zero-order valence-electron chi connectivity index (χ0n) is 12.5.